The van der Waals surface area contributed by atoms with Crippen molar-refractivity contribution in [1.29, 1.82) is 0 Å². The van der Waals surface area contributed by atoms with Gasteiger partial charge in [0.2, 0.25) is 10.0 Å². The summed E-state index contributed by atoms with van der Waals surface area (Å²) in [5, 5.41) is 2.85. The van der Waals surface area contributed by atoms with Crippen molar-refractivity contribution in [3.05, 3.63) is 95.6 Å². The first-order valence-corrected chi connectivity index (χ1v) is 10.7. The van der Waals surface area contributed by atoms with Gasteiger partial charge in [-0.25, -0.2) is 13.1 Å². The number of carbonyl (C=O) groups is 1. The van der Waals surface area contributed by atoms with Crippen molar-refractivity contribution in [3.8, 4) is 11.5 Å². The smallest absolute Gasteiger partial charge is 0.255 e. The van der Waals surface area contributed by atoms with Gasteiger partial charge in [0.25, 0.3) is 5.91 Å². The lowest BCUT2D eigenvalue weighted by Gasteiger charge is -2.13. The summed E-state index contributed by atoms with van der Waals surface area (Å²) in [6.45, 7) is 0.202. The highest BCUT2D eigenvalue weighted by atomic mass is 32.2. The highest BCUT2D eigenvalue weighted by Gasteiger charge is 2.15. The molecule has 2 N–H and O–H groups in total. The summed E-state index contributed by atoms with van der Waals surface area (Å²) >= 11 is 0. The molecule has 0 radical (unpaired) electrons. The van der Waals surface area contributed by atoms with E-state index in [4.69, 9.17) is 4.74 Å². The molecule has 0 aliphatic carbocycles. The van der Waals surface area contributed by atoms with Crippen molar-refractivity contribution in [2.45, 2.75) is 12.3 Å². The van der Waals surface area contributed by atoms with E-state index < -0.39 is 10.0 Å². The summed E-state index contributed by atoms with van der Waals surface area (Å²) in [5.41, 5.74) is 1.77. The maximum absolute atomic E-state index is 12.8. The molecule has 0 spiro atoms. The molecule has 0 unspecified atom stereocenters. The van der Waals surface area contributed by atoms with Crippen LogP contribution in [0.3, 0.4) is 0 Å². The molecular formula is C22H22N2O4S. The second-order valence-corrected chi connectivity index (χ2v) is 8.25. The lowest BCUT2D eigenvalue weighted by molar-refractivity contribution is 0.0948. The normalized spacial score (nSPS) is 11.1. The van der Waals surface area contributed by atoms with Gasteiger partial charge in [0.15, 0.2) is 0 Å². The number of amides is 1. The van der Waals surface area contributed by atoms with Crippen molar-refractivity contribution < 1.29 is 17.9 Å². The Morgan fingerprint density at radius 2 is 1.48 bits per heavy atom. The van der Waals surface area contributed by atoms with E-state index in [1.54, 1.807) is 42.5 Å². The van der Waals surface area contributed by atoms with Gasteiger partial charge < -0.3 is 10.1 Å². The molecule has 0 atom stereocenters. The van der Waals surface area contributed by atoms with Crippen LogP contribution in [0, 0.1) is 0 Å². The Morgan fingerprint density at radius 3 is 2.21 bits per heavy atom. The fourth-order valence-corrected chi connectivity index (χ4v) is 3.61. The SMILES string of the molecule is CNS(=O)(=O)Cc1ccccc1CNC(=O)c1ccccc1Oc1ccccc1. The Balaban J connectivity index is 1.74. The van der Waals surface area contributed by atoms with Gasteiger partial charge >= 0.3 is 0 Å². The third-order valence-electron chi connectivity index (χ3n) is 4.32. The van der Waals surface area contributed by atoms with Crippen LogP contribution in [0.1, 0.15) is 21.5 Å². The van der Waals surface area contributed by atoms with Crippen molar-refractivity contribution >= 4 is 15.9 Å². The van der Waals surface area contributed by atoms with Crippen molar-refractivity contribution in [3.63, 3.8) is 0 Å². The molecule has 0 bridgehead atoms. The molecule has 7 heteroatoms. The third kappa shape index (κ3) is 5.66. The van der Waals surface area contributed by atoms with E-state index in [2.05, 4.69) is 10.0 Å². The average Bonchev–Trinajstić information content (AvgIpc) is 2.74. The van der Waals surface area contributed by atoms with Gasteiger partial charge in [0.1, 0.15) is 11.5 Å². The Kier molecular flexibility index (Phi) is 6.64. The molecule has 1 amide bonds. The van der Waals surface area contributed by atoms with Gasteiger partial charge in [-0.05, 0) is 42.4 Å². The zero-order valence-corrected chi connectivity index (χ0v) is 16.8. The molecule has 3 aromatic rings. The van der Waals surface area contributed by atoms with Gasteiger partial charge in [-0.2, -0.15) is 0 Å². The van der Waals surface area contributed by atoms with E-state index in [-0.39, 0.29) is 18.2 Å². The minimum Gasteiger partial charge on any atom is -0.457 e. The Bertz CT molecular complexity index is 1080. The van der Waals surface area contributed by atoms with E-state index in [1.807, 2.05) is 36.4 Å². The first kappa shape index (κ1) is 20.6. The minimum absolute atomic E-state index is 0.150. The lowest BCUT2D eigenvalue weighted by Crippen LogP contribution is -2.25. The topological polar surface area (TPSA) is 84.5 Å². The summed E-state index contributed by atoms with van der Waals surface area (Å²) < 4.78 is 31.9. The first-order chi connectivity index (χ1) is 14.0. The molecule has 0 saturated carbocycles. The highest BCUT2D eigenvalue weighted by molar-refractivity contribution is 7.88. The van der Waals surface area contributed by atoms with Crippen LogP contribution in [-0.2, 0) is 22.3 Å². The number of hydrogen-bond acceptors (Lipinski definition) is 4. The second kappa shape index (κ2) is 9.36. The van der Waals surface area contributed by atoms with Crippen LogP contribution < -0.4 is 14.8 Å². The van der Waals surface area contributed by atoms with Gasteiger partial charge in [-0.1, -0.05) is 54.6 Å². The van der Waals surface area contributed by atoms with Crippen LogP contribution in [-0.4, -0.2) is 21.4 Å². The van der Waals surface area contributed by atoms with E-state index in [0.29, 0.717) is 22.6 Å². The minimum atomic E-state index is -3.41. The quantitative estimate of drug-likeness (QED) is 0.596. The summed E-state index contributed by atoms with van der Waals surface area (Å²) in [5.74, 6) is 0.629. The number of sulfonamides is 1. The highest BCUT2D eigenvalue weighted by Crippen LogP contribution is 2.25. The van der Waals surface area contributed by atoms with E-state index in [9.17, 15) is 13.2 Å². The monoisotopic (exact) mass is 410 g/mol. The molecule has 0 aromatic heterocycles. The maximum atomic E-state index is 12.8. The number of nitrogens with one attached hydrogen (secondary N) is 2. The molecule has 0 saturated heterocycles. The number of benzene rings is 3. The number of para-hydroxylation sites is 2. The van der Waals surface area contributed by atoms with Crippen molar-refractivity contribution in [2.75, 3.05) is 7.05 Å². The van der Waals surface area contributed by atoms with Crippen LogP contribution in [0.15, 0.2) is 78.9 Å². The predicted molar refractivity (Wildman–Crippen MR) is 112 cm³/mol. The van der Waals surface area contributed by atoms with Gasteiger partial charge in [-0.3, -0.25) is 4.79 Å². The van der Waals surface area contributed by atoms with Gasteiger partial charge in [-0.15, -0.1) is 0 Å². The first-order valence-electron chi connectivity index (χ1n) is 9.06. The van der Waals surface area contributed by atoms with Crippen molar-refractivity contribution in [2.24, 2.45) is 0 Å². The largest absolute Gasteiger partial charge is 0.457 e. The Morgan fingerprint density at radius 1 is 0.862 bits per heavy atom. The molecule has 3 rings (SSSR count). The Labute approximate surface area is 170 Å². The summed E-state index contributed by atoms with van der Waals surface area (Å²) in [4.78, 5) is 12.8. The molecule has 0 heterocycles. The molecule has 6 nitrogen and oxygen atoms in total. The fourth-order valence-electron chi connectivity index (χ4n) is 2.78. The predicted octanol–water partition coefficient (Wildman–Crippen LogP) is 3.46. The molecule has 0 aliphatic rings. The van der Waals surface area contributed by atoms with Gasteiger partial charge in [0, 0.05) is 6.54 Å². The number of ether oxygens (including phenoxy) is 1. The lowest BCUT2D eigenvalue weighted by atomic mass is 10.1. The molecule has 150 valence electrons. The summed E-state index contributed by atoms with van der Waals surface area (Å²) in [6.07, 6.45) is 0. The average molecular weight is 410 g/mol. The van der Waals surface area contributed by atoms with Gasteiger partial charge in [0.05, 0.1) is 11.3 Å². The number of carbonyl (C=O) groups excluding carboxylic acids is 1. The van der Waals surface area contributed by atoms with Crippen LogP contribution in [0.25, 0.3) is 0 Å². The molecule has 0 fully saturated rings. The van der Waals surface area contributed by atoms with Crippen molar-refractivity contribution in [1.82, 2.24) is 10.0 Å². The zero-order chi connectivity index (χ0) is 20.7. The van der Waals surface area contributed by atoms with Crippen LogP contribution in [0.2, 0.25) is 0 Å². The van der Waals surface area contributed by atoms with E-state index >= 15 is 0 Å². The van der Waals surface area contributed by atoms with Crippen LogP contribution in [0.4, 0.5) is 0 Å². The maximum Gasteiger partial charge on any atom is 0.255 e. The third-order valence-corrected chi connectivity index (χ3v) is 5.63. The van der Waals surface area contributed by atoms with E-state index in [1.165, 1.54) is 7.05 Å². The second-order valence-electron chi connectivity index (χ2n) is 6.33. The zero-order valence-electron chi connectivity index (χ0n) is 16.0. The number of hydrogen-bond donors (Lipinski definition) is 2. The van der Waals surface area contributed by atoms with E-state index in [0.717, 1.165) is 5.56 Å². The molecule has 0 aliphatic heterocycles. The number of rotatable bonds is 8. The molecular weight excluding hydrogens is 388 g/mol. The fraction of sp³-hybridized carbons (Fsp3) is 0.136. The van der Waals surface area contributed by atoms with Crippen LogP contribution in [0.5, 0.6) is 11.5 Å². The Hall–Kier alpha value is -3.16. The summed E-state index contributed by atoms with van der Waals surface area (Å²) in [7, 11) is -2.03. The van der Waals surface area contributed by atoms with Crippen LogP contribution >= 0.6 is 0 Å². The molecule has 3 aromatic carbocycles. The molecule has 29 heavy (non-hydrogen) atoms. The summed E-state index contributed by atoms with van der Waals surface area (Å²) in [6, 6.07) is 23.3. The standard InChI is InChI=1S/C22H22N2O4S/c1-23-29(26,27)16-18-10-6-5-9-17(18)15-24-22(25)20-13-7-8-14-21(20)28-19-11-3-2-4-12-19/h2-14,23H,15-16H2,1H3,(H,24,25).